The van der Waals surface area contributed by atoms with Crippen LogP contribution in [0, 0.1) is 0 Å². The van der Waals surface area contributed by atoms with Crippen LogP contribution < -0.4 is 5.32 Å². The van der Waals surface area contributed by atoms with Gasteiger partial charge in [0.2, 0.25) is 0 Å². The van der Waals surface area contributed by atoms with Gasteiger partial charge in [0, 0.05) is 29.7 Å². The molecule has 0 aliphatic carbocycles. The molecule has 26 heavy (non-hydrogen) atoms. The third kappa shape index (κ3) is 2.56. The maximum absolute atomic E-state index is 9.99. The maximum Gasteiger partial charge on any atom is 0.119 e. The number of phenolic OH excluding ortho intramolecular Hbond substituents is 1. The van der Waals surface area contributed by atoms with Crippen molar-refractivity contribution in [1.82, 2.24) is 9.55 Å². The lowest BCUT2D eigenvalue weighted by molar-refractivity contribution is 0.475. The van der Waals surface area contributed by atoms with Crippen LogP contribution in [0.4, 0.5) is 5.69 Å². The molecule has 2 aromatic carbocycles. The first-order chi connectivity index (χ1) is 12.8. The summed E-state index contributed by atoms with van der Waals surface area (Å²) in [6, 6.07) is 18.2. The van der Waals surface area contributed by atoms with Crippen LogP contribution in [0.1, 0.15) is 22.2 Å². The number of rotatable bonds is 4. The second kappa shape index (κ2) is 6.18. The molecular formula is C21H19N3OS. The molecule has 1 atom stereocenters. The van der Waals surface area contributed by atoms with Crippen LogP contribution in [0.5, 0.6) is 5.75 Å². The largest absolute Gasteiger partial charge is 0.508 e. The maximum atomic E-state index is 9.99. The van der Waals surface area contributed by atoms with Crippen molar-refractivity contribution in [3.63, 3.8) is 0 Å². The van der Waals surface area contributed by atoms with Crippen molar-refractivity contribution in [1.29, 1.82) is 0 Å². The summed E-state index contributed by atoms with van der Waals surface area (Å²) in [5.41, 5.74) is 4.43. The molecule has 2 N–H and O–H groups in total. The smallest absolute Gasteiger partial charge is 0.119 e. The van der Waals surface area contributed by atoms with Crippen molar-refractivity contribution in [2.75, 3.05) is 11.9 Å². The number of benzene rings is 2. The molecule has 4 nitrogen and oxygen atoms in total. The number of para-hydroxylation sites is 1. The summed E-state index contributed by atoms with van der Waals surface area (Å²) in [4.78, 5) is 6.31. The molecule has 0 spiro atoms. The second-order valence-corrected chi connectivity index (χ2v) is 7.68. The van der Waals surface area contributed by atoms with Crippen LogP contribution in [0.15, 0.2) is 60.0 Å². The van der Waals surface area contributed by atoms with E-state index in [0.29, 0.717) is 0 Å². The minimum Gasteiger partial charge on any atom is -0.508 e. The molecule has 4 aromatic rings. The average molecular weight is 361 g/mol. The van der Waals surface area contributed by atoms with Crippen LogP contribution in [0.2, 0.25) is 0 Å². The standard InChI is InChI=1S/C21H19N3OS/c25-14-7-8-19-20(12-14)24(10-9-15-4-3-11-26-15)21(23-19)17-13-22-18-6-2-1-5-16(17)18/h1-8,11-12,17,22,25H,9-10,13H2. The fraction of sp³-hybridized carbons (Fsp3) is 0.190. The first-order valence-electron chi connectivity index (χ1n) is 8.84. The highest BCUT2D eigenvalue weighted by Gasteiger charge is 2.28. The van der Waals surface area contributed by atoms with Gasteiger partial charge in [-0.15, -0.1) is 11.3 Å². The predicted molar refractivity (Wildman–Crippen MR) is 106 cm³/mol. The molecule has 0 amide bonds. The zero-order valence-corrected chi connectivity index (χ0v) is 15.0. The molecule has 2 aromatic heterocycles. The van der Waals surface area contributed by atoms with Crippen molar-refractivity contribution in [2.24, 2.45) is 0 Å². The van der Waals surface area contributed by atoms with Crippen LogP contribution in [0.25, 0.3) is 11.0 Å². The minimum absolute atomic E-state index is 0.226. The number of thiophene rings is 1. The first-order valence-corrected chi connectivity index (χ1v) is 9.72. The number of nitrogens with one attached hydrogen (secondary N) is 1. The summed E-state index contributed by atoms with van der Waals surface area (Å²) >= 11 is 1.78. The topological polar surface area (TPSA) is 50.1 Å². The van der Waals surface area contributed by atoms with E-state index in [0.717, 1.165) is 36.4 Å². The zero-order chi connectivity index (χ0) is 17.5. The third-order valence-electron chi connectivity index (χ3n) is 5.07. The van der Waals surface area contributed by atoms with Gasteiger partial charge in [0.25, 0.3) is 0 Å². The number of imidazole rings is 1. The number of aryl methyl sites for hydroxylation is 2. The summed E-state index contributed by atoms with van der Waals surface area (Å²) in [6.45, 7) is 1.71. The van der Waals surface area contributed by atoms with E-state index in [1.165, 1.54) is 16.1 Å². The molecule has 0 saturated heterocycles. The van der Waals surface area contributed by atoms with E-state index >= 15 is 0 Å². The molecule has 0 fully saturated rings. The van der Waals surface area contributed by atoms with Crippen molar-refractivity contribution in [3.8, 4) is 5.75 Å². The van der Waals surface area contributed by atoms with E-state index < -0.39 is 0 Å². The van der Waals surface area contributed by atoms with Gasteiger partial charge < -0.3 is 15.0 Å². The van der Waals surface area contributed by atoms with E-state index in [1.54, 1.807) is 17.4 Å². The molecule has 1 aliphatic heterocycles. The summed E-state index contributed by atoms with van der Waals surface area (Å²) in [5, 5.41) is 15.6. The van der Waals surface area contributed by atoms with Gasteiger partial charge >= 0.3 is 0 Å². The number of nitrogens with zero attached hydrogens (tertiary/aromatic N) is 2. The molecule has 130 valence electrons. The summed E-state index contributed by atoms with van der Waals surface area (Å²) < 4.78 is 2.28. The van der Waals surface area contributed by atoms with Crippen LogP contribution in [0.3, 0.4) is 0 Å². The number of fused-ring (bicyclic) bond motifs is 2. The van der Waals surface area contributed by atoms with Crippen molar-refractivity contribution in [2.45, 2.75) is 18.9 Å². The van der Waals surface area contributed by atoms with Gasteiger partial charge in [-0.1, -0.05) is 24.3 Å². The molecule has 5 heteroatoms. The molecule has 0 bridgehead atoms. The summed E-state index contributed by atoms with van der Waals surface area (Å²) in [6.07, 6.45) is 0.966. The Balaban J connectivity index is 1.61. The highest BCUT2D eigenvalue weighted by Crippen LogP contribution is 2.37. The predicted octanol–water partition coefficient (Wildman–Crippen LogP) is 4.60. The Morgan fingerprint density at radius 2 is 2.08 bits per heavy atom. The highest BCUT2D eigenvalue weighted by atomic mass is 32.1. The van der Waals surface area contributed by atoms with E-state index in [2.05, 4.69) is 51.7 Å². The van der Waals surface area contributed by atoms with Crippen LogP contribution in [-0.2, 0) is 13.0 Å². The van der Waals surface area contributed by atoms with Gasteiger partial charge in [0.15, 0.2) is 0 Å². The first kappa shape index (κ1) is 15.5. The molecule has 1 aliphatic rings. The van der Waals surface area contributed by atoms with Gasteiger partial charge in [0.1, 0.15) is 11.6 Å². The number of aromatic nitrogens is 2. The Morgan fingerprint density at radius 3 is 2.96 bits per heavy atom. The van der Waals surface area contributed by atoms with Crippen molar-refractivity contribution in [3.05, 3.63) is 76.2 Å². The van der Waals surface area contributed by atoms with Gasteiger partial charge in [-0.25, -0.2) is 4.98 Å². The molecular weight excluding hydrogens is 342 g/mol. The lowest BCUT2D eigenvalue weighted by Gasteiger charge is -2.14. The average Bonchev–Trinajstić information content (AvgIpc) is 3.38. The van der Waals surface area contributed by atoms with Gasteiger partial charge in [-0.2, -0.15) is 0 Å². The Bertz CT molecular complexity index is 1070. The highest BCUT2D eigenvalue weighted by molar-refractivity contribution is 7.09. The lowest BCUT2D eigenvalue weighted by atomic mass is 10.0. The Morgan fingerprint density at radius 1 is 1.15 bits per heavy atom. The Hall–Kier alpha value is -2.79. The van der Waals surface area contributed by atoms with Crippen LogP contribution in [-0.4, -0.2) is 21.2 Å². The van der Waals surface area contributed by atoms with E-state index in [4.69, 9.17) is 4.98 Å². The van der Waals surface area contributed by atoms with E-state index in [-0.39, 0.29) is 11.7 Å². The van der Waals surface area contributed by atoms with Crippen molar-refractivity contribution < 1.29 is 5.11 Å². The van der Waals surface area contributed by atoms with Gasteiger partial charge in [0.05, 0.1) is 17.0 Å². The summed E-state index contributed by atoms with van der Waals surface area (Å²) in [5.74, 6) is 1.58. The monoisotopic (exact) mass is 361 g/mol. The van der Waals surface area contributed by atoms with Gasteiger partial charge in [-0.05, 0) is 41.6 Å². The number of aromatic hydroxyl groups is 1. The summed E-state index contributed by atoms with van der Waals surface area (Å²) in [7, 11) is 0. The lowest BCUT2D eigenvalue weighted by Crippen LogP contribution is -2.13. The van der Waals surface area contributed by atoms with Crippen LogP contribution >= 0.6 is 11.3 Å². The number of anilines is 1. The fourth-order valence-electron chi connectivity index (χ4n) is 3.82. The van der Waals surface area contributed by atoms with Crippen molar-refractivity contribution >= 4 is 28.1 Å². The quantitative estimate of drug-likeness (QED) is 0.558. The molecule has 5 rings (SSSR count). The molecule has 0 saturated carbocycles. The van der Waals surface area contributed by atoms with E-state index in [9.17, 15) is 5.11 Å². The normalized spacial score (nSPS) is 15.9. The third-order valence-corrected chi connectivity index (χ3v) is 6.00. The molecule has 3 heterocycles. The molecule has 0 radical (unpaired) electrons. The number of hydrogen-bond acceptors (Lipinski definition) is 4. The fourth-order valence-corrected chi connectivity index (χ4v) is 4.52. The van der Waals surface area contributed by atoms with E-state index in [1.807, 2.05) is 12.1 Å². The number of phenols is 1. The zero-order valence-electron chi connectivity index (χ0n) is 14.2. The van der Waals surface area contributed by atoms with Gasteiger partial charge in [-0.3, -0.25) is 0 Å². The molecule has 1 unspecified atom stereocenters. The minimum atomic E-state index is 0.226. The number of hydrogen-bond donors (Lipinski definition) is 2. The second-order valence-electron chi connectivity index (χ2n) is 6.64. The Labute approximate surface area is 155 Å². The SMILES string of the molecule is Oc1ccc2nc(C3CNc4ccccc43)n(CCc3cccs3)c2c1. The Kier molecular flexibility index (Phi) is 3.68.